The summed E-state index contributed by atoms with van der Waals surface area (Å²) in [6.45, 7) is 0. The highest BCUT2D eigenvalue weighted by Gasteiger charge is 2.27. The lowest BCUT2D eigenvalue weighted by Crippen LogP contribution is -1.94. The normalized spacial score (nSPS) is 11.2. The molecule has 0 saturated heterocycles. The van der Waals surface area contributed by atoms with Crippen molar-refractivity contribution in [2.24, 2.45) is 4.99 Å². The van der Waals surface area contributed by atoms with Crippen molar-refractivity contribution in [2.45, 2.75) is 0 Å². The average Bonchev–Trinajstić information content (AvgIpc) is 3.28. The van der Waals surface area contributed by atoms with E-state index in [1.807, 2.05) is 60.7 Å². The highest BCUT2D eigenvalue weighted by Crippen LogP contribution is 2.46. The molecule has 7 nitrogen and oxygen atoms in total. The van der Waals surface area contributed by atoms with Crippen molar-refractivity contribution in [1.29, 1.82) is 0 Å². The van der Waals surface area contributed by atoms with E-state index in [4.69, 9.17) is 9.15 Å². The predicted octanol–water partition coefficient (Wildman–Crippen LogP) is 7.14. The summed E-state index contributed by atoms with van der Waals surface area (Å²) in [5.41, 5.74) is 2.99. The number of fused-ring (bicyclic) bond motifs is 1. The number of aromatic hydroxyl groups is 1. The summed E-state index contributed by atoms with van der Waals surface area (Å²) in [5, 5.41) is 23.3. The monoisotopic (exact) mass is 464 g/mol. The number of nitro groups is 1. The van der Waals surface area contributed by atoms with Crippen LogP contribution in [0.3, 0.4) is 0 Å². The molecule has 0 bridgehead atoms. The van der Waals surface area contributed by atoms with Crippen LogP contribution in [0.2, 0.25) is 0 Å². The van der Waals surface area contributed by atoms with Crippen LogP contribution in [0.5, 0.6) is 11.5 Å². The van der Waals surface area contributed by atoms with E-state index in [2.05, 4.69) is 4.99 Å². The molecule has 1 aromatic heterocycles. The fourth-order valence-corrected chi connectivity index (χ4v) is 4.01. The lowest BCUT2D eigenvalue weighted by atomic mass is 9.95. The average molecular weight is 464 g/mol. The van der Waals surface area contributed by atoms with E-state index in [-0.39, 0.29) is 11.1 Å². The van der Waals surface area contributed by atoms with E-state index in [0.717, 1.165) is 11.1 Å². The van der Waals surface area contributed by atoms with Crippen LogP contribution in [-0.2, 0) is 0 Å². The molecule has 4 aromatic carbocycles. The molecule has 0 radical (unpaired) electrons. The number of methoxy groups -OCH3 is 1. The molecule has 0 saturated carbocycles. The molecule has 35 heavy (non-hydrogen) atoms. The lowest BCUT2D eigenvalue weighted by molar-refractivity contribution is -0.385. The first-order valence-electron chi connectivity index (χ1n) is 10.8. The lowest BCUT2D eigenvalue weighted by Gasteiger charge is -2.07. The maximum atomic E-state index is 11.7. The number of furan rings is 1. The molecule has 0 atom stereocenters. The van der Waals surface area contributed by atoms with Crippen LogP contribution in [0, 0.1) is 10.1 Å². The molecule has 0 amide bonds. The third kappa shape index (κ3) is 4.11. The fraction of sp³-hybridized carbons (Fsp3) is 0.0357. The number of ether oxygens (including phenoxy) is 1. The van der Waals surface area contributed by atoms with Gasteiger partial charge in [0.05, 0.1) is 29.4 Å². The summed E-state index contributed by atoms with van der Waals surface area (Å²) in [5.74, 6) is 0.751. The minimum atomic E-state index is -0.633. The zero-order chi connectivity index (χ0) is 24.4. The molecule has 5 rings (SSSR count). The topological polar surface area (TPSA) is 98.1 Å². The molecule has 5 aromatic rings. The number of rotatable bonds is 6. The third-order valence-electron chi connectivity index (χ3n) is 5.68. The minimum Gasteiger partial charge on any atom is -0.502 e. The molecule has 0 spiro atoms. The highest BCUT2D eigenvalue weighted by atomic mass is 16.6. The number of aliphatic imine (C=N–C) groups is 1. The zero-order valence-corrected chi connectivity index (χ0v) is 18.7. The number of phenolic OH excluding ortho intramolecular Hbond substituents is 1. The van der Waals surface area contributed by atoms with Gasteiger partial charge in [0.1, 0.15) is 17.1 Å². The molecule has 0 fully saturated rings. The summed E-state index contributed by atoms with van der Waals surface area (Å²) in [4.78, 5) is 15.6. The first kappa shape index (κ1) is 21.9. The molecule has 0 aliphatic rings. The van der Waals surface area contributed by atoms with Gasteiger partial charge in [0.15, 0.2) is 0 Å². The first-order valence-corrected chi connectivity index (χ1v) is 10.8. The fourth-order valence-electron chi connectivity index (χ4n) is 4.01. The van der Waals surface area contributed by atoms with Crippen LogP contribution in [0.15, 0.2) is 100 Å². The van der Waals surface area contributed by atoms with E-state index in [0.29, 0.717) is 28.1 Å². The number of nitro benzene ring substituents is 1. The molecular weight excluding hydrogens is 444 g/mol. The second kappa shape index (κ2) is 9.15. The second-order valence-electron chi connectivity index (χ2n) is 7.78. The Morgan fingerprint density at radius 3 is 2.17 bits per heavy atom. The molecule has 1 N–H and O–H groups in total. The van der Waals surface area contributed by atoms with Gasteiger partial charge in [0.25, 0.3) is 0 Å². The van der Waals surface area contributed by atoms with E-state index in [1.165, 1.54) is 12.3 Å². The van der Waals surface area contributed by atoms with Gasteiger partial charge in [-0.25, -0.2) is 0 Å². The summed E-state index contributed by atoms with van der Waals surface area (Å²) >= 11 is 0. The molecule has 0 unspecified atom stereocenters. The van der Waals surface area contributed by atoms with Crippen LogP contribution >= 0.6 is 0 Å². The summed E-state index contributed by atoms with van der Waals surface area (Å²) in [6.07, 6.45) is 1.43. The van der Waals surface area contributed by atoms with Crippen molar-refractivity contribution in [1.82, 2.24) is 0 Å². The number of benzene rings is 4. The summed E-state index contributed by atoms with van der Waals surface area (Å²) in [6, 6.07) is 27.4. The van der Waals surface area contributed by atoms with Gasteiger partial charge in [-0.3, -0.25) is 15.1 Å². The van der Waals surface area contributed by atoms with E-state index >= 15 is 0 Å². The Kier molecular flexibility index (Phi) is 5.73. The molecule has 7 heteroatoms. The van der Waals surface area contributed by atoms with Crippen molar-refractivity contribution >= 4 is 28.6 Å². The van der Waals surface area contributed by atoms with Crippen LogP contribution in [0.4, 0.5) is 11.4 Å². The van der Waals surface area contributed by atoms with Crippen molar-refractivity contribution < 1.29 is 19.2 Å². The van der Waals surface area contributed by atoms with Gasteiger partial charge in [-0.1, -0.05) is 60.7 Å². The highest BCUT2D eigenvalue weighted by molar-refractivity contribution is 6.13. The molecule has 1 heterocycles. The standard InChI is InChI=1S/C28H20N2O5/c1-34-21-14-12-20(13-15-21)29-17-22-26-24(16-23(27(22)31)30(32)33)35-28(19-10-6-3-7-11-19)25(26)18-8-4-2-5-9-18/h2-17,31H,1H3. The maximum absolute atomic E-state index is 11.7. The number of nitrogens with zero attached hydrogens (tertiary/aromatic N) is 2. The summed E-state index contributed by atoms with van der Waals surface area (Å²) < 4.78 is 11.4. The largest absolute Gasteiger partial charge is 0.502 e. The van der Waals surface area contributed by atoms with Crippen LogP contribution in [0.1, 0.15) is 5.56 Å². The Morgan fingerprint density at radius 2 is 1.57 bits per heavy atom. The number of phenols is 1. The Labute approximate surface area is 200 Å². The second-order valence-corrected chi connectivity index (χ2v) is 7.78. The molecule has 0 aliphatic carbocycles. The Bertz CT molecular complexity index is 1540. The SMILES string of the molecule is COc1ccc(N=Cc2c(O)c([N+](=O)[O-])cc3oc(-c4ccccc4)c(-c4ccccc4)c23)cc1. The van der Waals surface area contributed by atoms with Crippen molar-refractivity contribution in [3.05, 3.63) is 107 Å². The first-order chi connectivity index (χ1) is 17.1. The quantitative estimate of drug-likeness (QED) is 0.164. The number of hydrogen-bond acceptors (Lipinski definition) is 6. The van der Waals surface area contributed by atoms with E-state index in [9.17, 15) is 15.2 Å². The van der Waals surface area contributed by atoms with Crippen molar-refractivity contribution in [2.75, 3.05) is 7.11 Å². The Morgan fingerprint density at radius 1 is 0.943 bits per heavy atom. The van der Waals surface area contributed by atoms with Gasteiger partial charge >= 0.3 is 5.69 Å². The number of hydrogen-bond donors (Lipinski definition) is 1. The van der Waals surface area contributed by atoms with Gasteiger partial charge in [0.2, 0.25) is 5.75 Å². The van der Waals surface area contributed by atoms with Crippen molar-refractivity contribution in [3.63, 3.8) is 0 Å². The van der Waals surface area contributed by atoms with Crippen LogP contribution in [-0.4, -0.2) is 23.4 Å². The third-order valence-corrected chi connectivity index (χ3v) is 5.68. The van der Waals surface area contributed by atoms with Gasteiger partial charge in [0, 0.05) is 22.7 Å². The predicted molar refractivity (Wildman–Crippen MR) is 136 cm³/mol. The van der Waals surface area contributed by atoms with Crippen molar-refractivity contribution in [3.8, 4) is 33.9 Å². The van der Waals surface area contributed by atoms with Gasteiger partial charge in [-0.15, -0.1) is 0 Å². The Hall–Kier alpha value is -4.91. The van der Waals surface area contributed by atoms with Gasteiger partial charge in [-0.05, 0) is 29.8 Å². The van der Waals surface area contributed by atoms with E-state index in [1.54, 1.807) is 31.4 Å². The maximum Gasteiger partial charge on any atom is 0.315 e. The van der Waals surface area contributed by atoms with Crippen LogP contribution < -0.4 is 4.74 Å². The zero-order valence-electron chi connectivity index (χ0n) is 18.7. The molecule has 0 aliphatic heterocycles. The van der Waals surface area contributed by atoms with E-state index < -0.39 is 16.4 Å². The molecular formula is C28H20N2O5. The summed E-state index contributed by atoms with van der Waals surface area (Å²) in [7, 11) is 1.57. The Balaban J connectivity index is 1.82. The minimum absolute atomic E-state index is 0.204. The molecule has 172 valence electrons. The van der Waals surface area contributed by atoms with Crippen LogP contribution in [0.25, 0.3) is 33.4 Å². The van der Waals surface area contributed by atoms with Gasteiger partial charge < -0.3 is 14.3 Å². The van der Waals surface area contributed by atoms with Gasteiger partial charge in [-0.2, -0.15) is 0 Å². The smallest absolute Gasteiger partial charge is 0.315 e.